The Hall–Kier alpha value is -2.11. The number of aryl methyl sites for hydroxylation is 1. The van der Waals surface area contributed by atoms with Gasteiger partial charge < -0.3 is 15.4 Å². The molecule has 0 spiro atoms. The Kier molecular flexibility index (Phi) is 8.32. The molecule has 1 aliphatic rings. The SMILES string of the molecule is CCCCc1ccc(NC(=S)NCC(c2ccc(OC)cc2)N2CCCC2)cc1. The van der Waals surface area contributed by atoms with Gasteiger partial charge in [-0.25, -0.2) is 0 Å². The Morgan fingerprint density at radius 1 is 1.07 bits per heavy atom. The minimum Gasteiger partial charge on any atom is -0.497 e. The smallest absolute Gasteiger partial charge is 0.170 e. The highest BCUT2D eigenvalue weighted by atomic mass is 32.1. The lowest BCUT2D eigenvalue weighted by Gasteiger charge is -2.29. The molecule has 1 heterocycles. The number of benzene rings is 2. The van der Waals surface area contributed by atoms with Gasteiger partial charge in [-0.1, -0.05) is 37.6 Å². The van der Waals surface area contributed by atoms with Gasteiger partial charge in [0.2, 0.25) is 0 Å². The highest BCUT2D eigenvalue weighted by molar-refractivity contribution is 7.80. The molecule has 3 rings (SSSR count). The molecule has 0 aliphatic carbocycles. The van der Waals surface area contributed by atoms with Gasteiger partial charge in [-0.2, -0.15) is 0 Å². The monoisotopic (exact) mass is 411 g/mol. The second-order valence-corrected chi connectivity index (χ2v) is 8.08. The maximum Gasteiger partial charge on any atom is 0.170 e. The van der Waals surface area contributed by atoms with E-state index in [0.29, 0.717) is 11.2 Å². The molecule has 0 radical (unpaired) electrons. The molecule has 2 aromatic carbocycles. The van der Waals surface area contributed by atoms with Crippen molar-refractivity contribution in [3.63, 3.8) is 0 Å². The van der Waals surface area contributed by atoms with E-state index < -0.39 is 0 Å². The lowest BCUT2D eigenvalue weighted by atomic mass is 10.1. The second kappa shape index (κ2) is 11.2. The summed E-state index contributed by atoms with van der Waals surface area (Å²) in [4.78, 5) is 2.54. The van der Waals surface area contributed by atoms with Crippen molar-refractivity contribution in [2.75, 3.05) is 32.1 Å². The molecule has 29 heavy (non-hydrogen) atoms. The second-order valence-electron chi connectivity index (χ2n) is 7.67. The quantitative estimate of drug-likeness (QED) is 0.557. The fourth-order valence-corrected chi connectivity index (χ4v) is 4.04. The largest absolute Gasteiger partial charge is 0.497 e. The van der Waals surface area contributed by atoms with Crippen LogP contribution in [-0.4, -0.2) is 36.8 Å². The number of thiocarbonyl (C=S) groups is 1. The fraction of sp³-hybridized carbons (Fsp3) is 0.458. The van der Waals surface area contributed by atoms with E-state index in [1.807, 2.05) is 12.1 Å². The van der Waals surface area contributed by atoms with Crippen molar-refractivity contribution in [3.05, 3.63) is 59.7 Å². The topological polar surface area (TPSA) is 36.5 Å². The third kappa shape index (κ3) is 6.44. The van der Waals surface area contributed by atoms with Crippen LogP contribution < -0.4 is 15.4 Å². The minimum atomic E-state index is 0.305. The fourth-order valence-electron chi connectivity index (χ4n) is 3.84. The number of ether oxygens (including phenoxy) is 1. The Balaban J connectivity index is 1.57. The predicted molar refractivity (Wildman–Crippen MR) is 126 cm³/mol. The molecule has 1 atom stereocenters. The summed E-state index contributed by atoms with van der Waals surface area (Å²) in [5.74, 6) is 0.890. The number of anilines is 1. The van der Waals surface area contributed by atoms with Crippen LogP contribution in [-0.2, 0) is 6.42 Å². The van der Waals surface area contributed by atoms with Gasteiger partial charge in [0.25, 0.3) is 0 Å². The Morgan fingerprint density at radius 2 is 1.76 bits per heavy atom. The van der Waals surface area contributed by atoms with Gasteiger partial charge in [0.1, 0.15) is 5.75 Å². The highest BCUT2D eigenvalue weighted by Crippen LogP contribution is 2.26. The summed E-state index contributed by atoms with van der Waals surface area (Å²) in [6, 6.07) is 17.3. The summed E-state index contributed by atoms with van der Waals surface area (Å²) in [5, 5.41) is 7.42. The van der Waals surface area contributed by atoms with Crippen LogP contribution in [0, 0.1) is 0 Å². The molecule has 2 aromatic rings. The van der Waals surface area contributed by atoms with Gasteiger partial charge in [-0.3, -0.25) is 4.90 Å². The molecule has 0 amide bonds. The zero-order chi connectivity index (χ0) is 20.5. The van der Waals surface area contributed by atoms with E-state index >= 15 is 0 Å². The van der Waals surface area contributed by atoms with Gasteiger partial charge in [-0.15, -0.1) is 0 Å². The molecule has 0 bridgehead atoms. The summed E-state index contributed by atoms with van der Waals surface area (Å²) in [5.41, 5.74) is 3.71. The predicted octanol–water partition coefficient (Wildman–Crippen LogP) is 5.16. The molecule has 0 saturated carbocycles. The third-order valence-electron chi connectivity index (χ3n) is 5.57. The summed E-state index contributed by atoms with van der Waals surface area (Å²) >= 11 is 5.56. The van der Waals surface area contributed by atoms with Gasteiger partial charge in [0.05, 0.1) is 13.2 Å². The molecule has 5 heteroatoms. The van der Waals surface area contributed by atoms with Crippen molar-refractivity contribution in [2.45, 2.75) is 45.1 Å². The first-order valence-corrected chi connectivity index (χ1v) is 11.1. The molecule has 1 fully saturated rings. The molecule has 1 aliphatic heterocycles. The number of unbranched alkanes of at least 4 members (excludes halogenated alkanes) is 1. The van der Waals surface area contributed by atoms with Crippen LogP contribution in [0.2, 0.25) is 0 Å². The van der Waals surface area contributed by atoms with E-state index in [1.54, 1.807) is 7.11 Å². The maximum absolute atomic E-state index is 5.56. The number of hydrogen-bond acceptors (Lipinski definition) is 3. The maximum atomic E-state index is 5.56. The molecule has 156 valence electrons. The van der Waals surface area contributed by atoms with Gasteiger partial charge in [-0.05, 0) is 86.4 Å². The number of methoxy groups -OCH3 is 1. The van der Waals surface area contributed by atoms with Crippen LogP contribution >= 0.6 is 12.2 Å². The zero-order valence-corrected chi connectivity index (χ0v) is 18.4. The summed E-state index contributed by atoms with van der Waals surface area (Å²) < 4.78 is 5.31. The lowest BCUT2D eigenvalue weighted by molar-refractivity contribution is 0.246. The average molecular weight is 412 g/mol. The van der Waals surface area contributed by atoms with Crippen LogP contribution in [0.15, 0.2) is 48.5 Å². The lowest BCUT2D eigenvalue weighted by Crippen LogP contribution is -2.38. The van der Waals surface area contributed by atoms with Crippen molar-refractivity contribution in [1.82, 2.24) is 10.2 Å². The first-order chi connectivity index (χ1) is 14.2. The van der Waals surface area contributed by atoms with E-state index in [-0.39, 0.29) is 0 Å². The van der Waals surface area contributed by atoms with Crippen LogP contribution in [0.4, 0.5) is 5.69 Å². The number of nitrogens with zero attached hydrogens (tertiary/aromatic N) is 1. The van der Waals surface area contributed by atoms with Crippen molar-refractivity contribution < 1.29 is 4.74 Å². The van der Waals surface area contributed by atoms with Gasteiger partial charge in [0.15, 0.2) is 5.11 Å². The third-order valence-corrected chi connectivity index (χ3v) is 5.82. The number of likely N-dealkylation sites (tertiary alicyclic amines) is 1. The van der Waals surface area contributed by atoms with Crippen LogP contribution in [0.1, 0.15) is 49.8 Å². The summed E-state index contributed by atoms with van der Waals surface area (Å²) in [6.07, 6.45) is 6.12. The van der Waals surface area contributed by atoms with Crippen LogP contribution in [0.25, 0.3) is 0 Å². The first-order valence-electron chi connectivity index (χ1n) is 10.7. The number of nitrogens with one attached hydrogen (secondary N) is 2. The van der Waals surface area contributed by atoms with Gasteiger partial charge in [0, 0.05) is 12.2 Å². The Labute approximate surface area is 180 Å². The first kappa shape index (κ1) is 21.6. The van der Waals surface area contributed by atoms with E-state index in [0.717, 1.165) is 37.5 Å². The number of rotatable bonds is 9. The van der Waals surface area contributed by atoms with E-state index in [1.165, 1.54) is 36.8 Å². The normalized spacial score (nSPS) is 15.1. The summed E-state index contributed by atoms with van der Waals surface area (Å²) in [7, 11) is 1.70. The van der Waals surface area contributed by atoms with Crippen LogP contribution in [0.3, 0.4) is 0 Å². The average Bonchev–Trinajstić information content (AvgIpc) is 3.28. The van der Waals surface area contributed by atoms with Crippen molar-refractivity contribution in [2.24, 2.45) is 0 Å². The van der Waals surface area contributed by atoms with Crippen molar-refractivity contribution >= 4 is 23.0 Å². The van der Waals surface area contributed by atoms with E-state index in [2.05, 4.69) is 58.9 Å². The van der Waals surface area contributed by atoms with E-state index in [4.69, 9.17) is 17.0 Å². The molecule has 1 saturated heterocycles. The Morgan fingerprint density at radius 3 is 2.38 bits per heavy atom. The zero-order valence-electron chi connectivity index (χ0n) is 17.6. The standard InChI is InChI=1S/C24H33N3OS/c1-3-4-7-19-8-12-21(13-9-19)26-24(29)25-18-23(27-16-5-6-17-27)20-10-14-22(28-2)15-11-20/h8-15,23H,3-7,16-18H2,1-2H3,(H2,25,26,29). The molecular formula is C24H33N3OS. The summed E-state index contributed by atoms with van der Waals surface area (Å²) in [6.45, 7) is 5.28. The highest BCUT2D eigenvalue weighted by Gasteiger charge is 2.23. The molecule has 1 unspecified atom stereocenters. The van der Waals surface area contributed by atoms with Gasteiger partial charge >= 0.3 is 0 Å². The number of hydrogen-bond donors (Lipinski definition) is 2. The van der Waals surface area contributed by atoms with Crippen LogP contribution in [0.5, 0.6) is 5.75 Å². The molecular weight excluding hydrogens is 378 g/mol. The molecule has 2 N–H and O–H groups in total. The Bertz CT molecular complexity index is 755. The van der Waals surface area contributed by atoms with Crippen molar-refractivity contribution in [3.8, 4) is 5.75 Å². The molecule has 4 nitrogen and oxygen atoms in total. The minimum absolute atomic E-state index is 0.305. The molecule has 0 aromatic heterocycles. The van der Waals surface area contributed by atoms with E-state index in [9.17, 15) is 0 Å². The van der Waals surface area contributed by atoms with Crippen molar-refractivity contribution in [1.29, 1.82) is 0 Å².